The third-order valence-electron chi connectivity index (χ3n) is 4.53. The first kappa shape index (κ1) is 16.5. The van der Waals surface area contributed by atoms with Gasteiger partial charge in [0.1, 0.15) is 6.54 Å². The van der Waals surface area contributed by atoms with E-state index in [0.29, 0.717) is 13.0 Å². The van der Waals surface area contributed by atoms with Crippen molar-refractivity contribution in [1.82, 2.24) is 4.90 Å². The Bertz CT molecular complexity index is 671. The summed E-state index contributed by atoms with van der Waals surface area (Å²) in [5.74, 6) is -0.960. The van der Waals surface area contributed by atoms with Gasteiger partial charge >= 0.3 is 5.97 Å². The van der Waals surface area contributed by atoms with Gasteiger partial charge in [-0.2, -0.15) is 0 Å². The zero-order chi connectivity index (χ0) is 17.1. The first-order valence-corrected chi connectivity index (χ1v) is 8.43. The third-order valence-corrected chi connectivity index (χ3v) is 4.53. The zero-order valence-corrected chi connectivity index (χ0v) is 13.8. The quantitative estimate of drug-likeness (QED) is 0.833. The average molecular weight is 330 g/mol. The second-order valence-electron chi connectivity index (χ2n) is 6.38. The lowest BCUT2D eigenvalue weighted by Crippen LogP contribution is -2.36. The number of esters is 1. The molecule has 0 bridgehead atoms. The molecule has 1 atom stereocenters. The van der Waals surface area contributed by atoms with E-state index in [1.165, 1.54) is 23.0 Å². The average Bonchev–Trinajstić information content (AvgIpc) is 3.16. The maximum absolute atomic E-state index is 12.2. The number of carbonyl (C=O) groups is 3. The molecule has 1 aliphatic carbocycles. The number of anilines is 1. The highest BCUT2D eigenvalue weighted by atomic mass is 16.5. The van der Waals surface area contributed by atoms with Crippen molar-refractivity contribution in [1.29, 1.82) is 0 Å². The van der Waals surface area contributed by atoms with Crippen molar-refractivity contribution < 1.29 is 19.1 Å². The molecule has 0 spiro atoms. The van der Waals surface area contributed by atoms with Gasteiger partial charge < -0.3 is 15.0 Å². The van der Waals surface area contributed by atoms with Crippen LogP contribution in [-0.4, -0.2) is 41.9 Å². The van der Waals surface area contributed by atoms with Crippen LogP contribution in [0.4, 0.5) is 5.69 Å². The van der Waals surface area contributed by atoms with Gasteiger partial charge in [0.05, 0.1) is 0 Å². The van der Waals surface area contributed by atoms with E-state index in [0.717, 1.165) is 31.4 Å². The van der Waals surface area contributed by atoms with E-state index in [9.17, 15) is 14.4 Å². The van der Waals surface area contributed by atoms with E-state index < -0.39 is 12.1 Å². The Morgan fingerprint density at radius 3 is 2.75 bits per heavy atom. The lowest BCUT2D eigenvalue weighted by atomic mass is 10.1. The molecule has 3 rings (SSSR count). The minimum Gasteiger partial charge on any atom is -0.451 e. The van der Waals surface area contributed by atoms with Crippen LogP contribution >= 0.6 is 0 Å². The summed E-state index contributed by atoms with van der Waals surface area (Å²) < 4.78 is 5.14. The van der Waals surface area contributed by atoms with E-state index in [2.05, 4.69) is 5.32 Å². The summed E-state index contributed by atoms with van der Waals surface area (Å²) in [5.41, 5.74) is 3.33. The molecule has 24 heavy (non-hydrogen) atoms. The number of rotatable bonds is 5. The smallest absolute Gasteiger partial charge is 0.326 e. The maximum atomic E-state index is 12.2. The normalized spacial score (nSPS) is 17.5. The number of hydrogen-bond acceptors (Lipinski definition) is 4. The van der Waals surface area contributed by atoms with Gasteiger partial charge in [0.2, 0.25) is 5.91 Å². The zero-order valence-electron chi connectivity index (χ0n) is 13.8. The molecule has 0 saturated carbocycles. The van der Waals surface area contributed by atoms with E-state index >= 15 is 0 Å². The number of benzene rings is 1. The molecular formula is C18H22N2O4. The molecule has 1 aromatic carbocycles. The van der Waals surface area contributed by atoms with Crippen LogP contribution in [0.25, 0.3) is 0 Å². The molecule has 1 N–H and O–H groups in total. The first-order valence-electron chi connectivity index (χ1n) is 8.43. The Morgan fingerprint density at radius 1 is 1.21 bits per heavy atom. The number of carbonyl (C=O) groups excluding carboxylic acids is 3. The third kappa shape index (κ3) is 3.75. The van der Waals surface area contributed by atoms with Crippen molar-refractivity contribution in [3.63, 3.8) is 0 Å². The molecule has 128 valence electrons. The SMILES string of the molecule is C[C@H](OC(=O)CN1CCCC1=O)C(=O)Nc1ccc2c(c1)CCC2. The van der Waals surface area contributed by atoms with Gasteiger partial charge in [0.25, 0.3) is 5.91 Å². The summed E-state index contributed by atoms with van der Waals surface area (Å²) in [5, 5.41) is 2.78. The number of hydrogen-bond donors (Lipinski definition) is 1. The Balaban J connectivity index is 1.51. The largest absolute Gasteiger partial charge is 0.451 e. The molecule has 0 radical (unpaired) electrons. The molecular weight excluding hydrogens is 308 g/mol. The lowest BCUT2D eigenvalue weighted by molar-refractivity contribution is -0.155. The summed E-state index contributed by atoms with van der Waals surface area (Å²) in [6.45, 7) is 2.02. The number of amides is 2. The molecule has 6 nitrogen and oxygen atoms in total. The molecule has 1 heterocycles. The van der Waals surface area contributed by atoms with Gasteiger partial charge in [-0.15, -0.1) is 0 Å². The molecule has 6 heteroatoms. The van der Waals surface area contributed by atoms with Gasteiger partial charge in [-0.05, 0) is 55.9 Å². The summed E-state index contributed by atoms with van der Waals surface area (Å²) in [6, 6.07) is 5.89. The summed E-state index contributed by atoms with van der Waals surface area (Å²) in [4.78, 5) is 37.0. The van der Waals surface area contributed by atoms with Crippen LogP contribution in [-0.2, 0) is 32.0 Å². The summed E-state index contributed by atoms with van der Waals surface area (Å²) >= 11 is 0. The summed E-state index contributed by atoms with van der Waals surface area (Å²) in [6.07, 6.45) is 3.61. The van der Waals surface area contributed by atoms with Crippen LogP contribution in [0.2, 0.25) is 0 Å². The van der Waals surface area contributed by atoms with Gasteiger partial charge in [0.15, 0.2) is 6.10 Å². The lowest BCUT2D eigenvalue weighted by Gasteiger charge is -2.17. The van der Waals surface area contributed by atoms with Crippen molar-refractivity contribution in [3.8, 4) is 0 Å². The molecule has 0 aromatic heterocycles. The van der Waals surface area contributed by atoms with Gasteiger partial charge in [-0.1, -0.05) is 6.07 Å². The van der Waals surface area contributed by atoms with Crippen molar-refractivity contribution in [2.75, 3.05) is 18.4 Å². The minimum atomic E-state index is -0.900. The highest BCUT2D eigenvalue weighted by molar-refractivity contribution is 5.95. The predicted octanol–water partition coefficient (Wildman–Crippen LogP) is 1.67. The van der Waals surface area contributed by atoms with Crippen LogP contribution < -0.4 is 5.32 Å². The van der Waals surface area contributed by atoms with Crippen molar-refractivity contribution >= 4 is 23.5 Å². The van der Waals surface area contributed by atoms with Crippen LogP contribution in [0.15, 0.2) is 18.2 Å². The number of ether oxygens (including phenoxy) is 1. The van der Waals surface area contributed by atoms with Crippen LogP contribution in [0.3, 0.4) is 0 Å². The molecule has 2 amide bonds. The molecule has 1 saturated heterocycles. The fourth-order valence-corrected chi connectivity index (χ4v) is 3.21. The topological polar surface area (TPSA) is 75.7 Å². The Hall–Kier alpha value is -2.37. The van der Waals surface area contributed by atoms with E-state index in [1.54, 1.807) is 0 Å². The maximum Gasteiger partial charge on any atom is 0.326 e. The van der Waals surface area contributed by atoms with Gasteiger partial charge in [0, 0.05) is 18.7 Å². The predicted molar refractivity (Wildman–Crippen MR) is 88.5 cm³/mol. The van der Waals surface area contributed by atoms with E-state index in [4.69, 9.17) is 4.74 Å². The van der Waals surface area contributed by atoms with Crippen LogP contribution in [0, 0.1) is 0 Å². The molecule has 1 aromatic rings. The standard InChI is InChI=1S/C18H22N2O4/c1-12(24-17(22)11-20-9-3-6-16(20)21)18(23)19-15-8-7-13-4-2-5-14(13)10-15/h7-8,10,12H,2-6,9,11H2,1H3,(H,19,23)/t12-/m0/s1. The fraction of sp³-hybridized carbons (Fsp3) is 0.500. The highest BCUT2D eigenvalue weighted by Crippen LogP contribution is 2.25. The molecule has 1 aliphatic heterocycles. The number of nitrogens with one attached hydrogen (secondary N) is 1. The number of nitrogens with zero attached hydrogens (tertiary/aromatic N) is 1. The Morgan fingerprint density at radius 2 is 2.00 bits per heavy atom. The Kier molecular flexibility index (Phi) is 4.83. The van der Waals surface area contributed by atoms with E-state index in [-0.39, 0.29) is 18.4 Å². The van der Waals surface area contributed by atoms with Gasteiger partial charge in [-0.25, -0.2) is 0 Å². The monoisotopic (exact) mass is 330 g/mol. The summed E-state index contributed by atoms with van der Waals surface area (Å²) in [7, 11) is 0. The molecule has 0 unspecified atom stereocenters. The number of likely N-dealkylation sites (tertiary alicyclic amines) is 1. The first-order chi connectivity index (χ1) is 11.5. The van der Waals surface area contributed by atoms with Crippen molar-refractivity contribution in [2.24, 2.45) is 0 Å². The van der Waals surface area contributed by atoms with Crippen molar-refractivity contribution in [2.45, 2.75) is 45.1 Å². The highest BCUT2D eigenvalue weighted by Gasteiger charge is 2.25. The number of aryl methyl sites for hydroxylation is 2. The minimum absolute atomic E-state index is 0.0396. The Labute approximate surface area is 141 Å². The second-order valence-corrected chi connectivity index (χ2v) is 6.38. The molecule has 1 fully saturated rings. The van der Waals surface area contributed by atoms with Gasteiger partial charge in [-0.3, -0.25) is 14.4 Å². The van der Waals surface area contributed by atoms with Crippen LogP contribution in [0.5, 0.6) is 0 Å². The van der Waals surface area contributed by atoms with Crippen LogP contribution in [0.1, 0.15) is 37.3 Å². The molecule has 2 aliphatic rings. The van der Waals surface area contributed by atoms with E-state index in [1.807, 2.05) is 18.2 Å². The second kappa shape index (κ2) is 7.03. The number of fused-ring (bicyclic) bond motifs is 1. The van der Waals surface area contributed by atoms with Crippen molar-refractivity contribution in [3.05, 3.63) is 29.3 Å². The fourth-order valence-electron chi connectivity index (χ4n) is 3.21.